The van der Waals surface area contributed by atoms with Crippen molar-refractivity contribution in [1.29, 1.82) is 0 Å². The average Bonchev–Trinajstić information content (AvgIpc) is 3.32. The smallest absolute Gasteiger partial charge is 0.261 e. The Labute approximate surface area is 210 Å². The minimum absolute atomic E-state index is 0.0970. The average molecular weight is 536 g/mol. The van der Waals surface area contributed by atoms with E-state index in [-0.39, 0.29) is 24.5 Å². The SMILES string of the molecule is CCc1ccc(OCC(=O)N(Cc2ccc(Cl)cc2)C(CC)C(=O)NC2CCCC2)c(Br)c1. The molecule has 0 bridgehead atoms. The van der Waals surface area contributed by atoms with Gasteiger partial charge in [-0.1, -0.05) is 56.5 Å². The van der Waals surface area contributed by atoms with Crippen LogP contribution in [-0.4, -0.2) is 35.4 Å². The van der Waals surface area contributed by atoms with E-state index in [2.05, 4.69) is 28.2 Å². The second kappa shape index (κ2) is 12.4. The lowest BCUT2D eigenvalue weighted by Gasteiger charge is -2.31. The summed E-state index contributed by atoms with van der Waals surface area (Å²) in [5.41, 5.74) is 2.09. The summed E-state index contributed by atoms with van der Waals surface area (Å²) < 4.78 is 6.66. The van der Waals surface area contributed by atoms with Crippen LogP contribution in [0.3, 0.4) is 0 Å². The summed E-state index contributed by atoms with van der Waals surface area (Å²) in [7, 11) is 0. The van der Waals surface area contributed by atoms with Crippen molar-refractivity contribution in [3.8, 4) is 5.75 Å². The molecule has 3 rings (SSSR count). The molecule has 1 N–H and O–H groups in total. The van der Waals surface area contributed by atoms with E-state index in [9.17, 15) is 9.59 Å². The summed E-state index contributed by atoms with van der Waals surface area (Å²) in [6, 6.07) is 12.8. The van der Waals surface area contributed by atoms with E-state index in [1.807, 2.05) is 37.3 Å². The van der Waals surface area contributed by atoms with Crippen molar-refractivity contribution in [3.05, 3.63) is 63.1 Å². The molecule has 0 aliphatic heterocycles. The van der Waals surface area contributed by atoms with Crippen LogP contribution in [0, 0.1) is 0 Å². The first-order chi connectivity index (χ1) is 15.9. The topological polar surface area (TPSA) is 58.6 Å². The first-order valence-corrected chi connectivity index (χ1v) is 12.8. The number of hydrogen-bond acceptors (Lipinski definition) is 3. The van der Waals surface area contributed by atoms with E-state index in [4.69, 9.17) is 16.3 Å². The van der Waals surface area contributed by atoms with Gasteiger partial charge < -0.3 is 15.0 Å². The molecule has 1 saturated carbocycles. The second-order valence-electron chi connectivity index (χ2n) is 8.47. The molecule has 1 aliphatic rings. The summed E-state index contributed by atoms with van der Waals surface area (Å²) >= 11 is 9.55. The maximum atomic E-state index is 13.3. The van der Waals surface area contributed by atoms with E-state index in [0.29, 0.717) is 23.7 Å². The summed E-state index contributed by atoms with van der Waals surface area (Å²) in [6.45, 7) is 4.18. The van der Waals surface area contributed by atoms with Gasteiger partial charge in [0.1, 0.15) is 11.8 Å². The molecule has 178 valence electrons. The number of carbonyl (C=O) groups excluding carboxylic acids is 2. The van der Waals surface area contributed by atoms with Gasteiger partial charge in [-0.05, 0) is 77.0 Å². The Morgan fingerprint density at radius 2 is 1.79 bits per heavy atom. The number of amides is 2. The van der Waals surface area contributed by atoms with Crippen molar-refractivity contribution in [2.24, 2.45) is 0 Å². The molecule has 1 atom stereocenters. The molecule has 1 fully saturated rings. The van der Waals surface area contributed by atoms with Crippen LogP contribution in [0.1, 0.15) is 57.1 Å². The van der Waals surface area contributed by atoms with Gasteiger partial charge in [-0.2, -0.15) is 0 Å². The van der Waals surface area contributed by atoms with Crippen LogP contribution in [0.2, 0.25) is 5.02 Å². The zero-order valence-electron chi connectivity index (χ0n) is 19.3. The Morgan fingerprint density at radius 3 is 2.39 bits per heavy atom. The third-order valence-electron chi connectivity index (χ3n) is 6.11. The molecule has 0 aromatic heterocycles. The zero-order valence-corrected chi connectivity index (χ0v) is 21.6. The van der Waals surface area contributed by atoms with Gasteiger partial charge in [0.15, 0.2) is 6.61 Å². The largest absolute Gasteiger partial charge is 0.483 e. The molecule has 0 saturated heterocycles. The summed E-state index contributed by atoms with van der Waals surface area (Å²) in [6.07, 6.45) is 5.70. The fourth-order valence-electron chi connectivity index (χ4n) is 4.18. The third-order valence-corrected chi connectivity index (χ3v) is 6.98. The molecule has 0 heterocycles. The van der Waals surface area contributed by atoms with Gasteiger partial charge in [-0.25, -0.2) is 0 Å². The van der Waals surface area contributed by atoms with Crippen LogP contribution in [0.25, 0.3) is 0 Å². The molecule has 7 heteroatoms. The molecule has 2 amide bonds. The minimum atomic E-state index is -0.566. The highest BCUT2D eigenvalue weighted by molar-refractivity contribution is 9.10. The number of carbonyl (C=O) groups is 2. The summed E-state index contributed by atoms with van der Waals surface area (Å²) in [5, 5.41) is 3.78. The lowest BCUT2D eigenvalue weighted by Crippen LogP contribution is -2.52. The molecular weight excluding hydrogens is 504 g/mol. The molecule has 33 heavy (non-hydrogen) atoms. The number of rotatable bonds is 10. The van der Waals surface area contributed by atoms with Gasteiger partial charge in [0.05, 0.1) is 4.47 Å². The van der Waals surface area contributed by atoms with Crippen molar-refractivity contribution in [1.82, 2.24) is 10.2 Å². The van der Waals surface area contributed by atoms with E-state index < -0.39 is 6.04 Å². The Kier molecular flexibility index (Phi) is 9.63. The lowest BCUT2D eigenvalue weighted by atomic mass is 10.1. The standard InChI is InChI=1S/C26H32BrClN2O3/c1-3-18-11-14-24(22(27)15-18)33-17-25(31)30(16-19-9-12-20(28)13-10-19)23(4-2)26(32)29-21-7-5-6-8-21/h9-15,21,23H,3-8,16-17H2,1-2H3,(H,29,32). The highest BCUT2D eigenvalue weighted by Crippen LogP contribution is 2.26. The monoisotopic (exact) mass is 534 g/mol. The quantitative estimate of drug-likeness (QED) is 0.411. The van der Waals surface area contributed by atoms with Gasteiger partial charge in [-0.3, -0.25) is 9.59 Å². The number of hydrogen-bond donors (Lipinski definition) is 1. The third kappa shape index (κ3) is 7.21. The van der Waals surface area contributed by atoms with Crippen molar-refractivity contribution in [2.75, 3.05) is 6.61 Å². The predicted molar refractivity (Wildman–Crippen MR) is 135 cm³/mol. The van der Waals surface area contributed by atoms with Crippen molar-refractivity contribution in [3.63, 3.8) is 0 Å². The molecule has 2 aromatic carbocycles. The Balaban J connectivity index is 1.76. The van der Waals surface area contributed by atoms with Crippen LogP contribution in [0.5, 0.6) is 5.75 Å². The van der Waals surface area contributed by atoms with Gasteiger partial charge in [0.25, 0.3) is 5.91 Å². The van der Waals surface area contributed by atoms with Crippen LogP contribution >= 0.6 is 27.5 Å². The fraction of sp³-hybridized carbons (Fsp3) is 0.462. The van der Waals surface area contributed by atoms with Crippen LogP contribution < -0.4 is 10.1 Å². The minimum Gasteiger partial charge on any atom is -0.483 e. The van der Waals surface area contributed by atoms with Crippen molar-refractivity contribution in [2.45, 2.75) is 71.0 Å². The predicted octanol–water partition coefficient (Wildman–Crippen LogP) is 5.91. The van der Waals surface area contributed by atoms with Crippen molar-refractivity contribution >= 4 is 39.3 Å². The number of ether oxygens (including phenoxy) is 1. The second-order valence-corrected chi connectivity index (χ2v) is 9.76. The summed E-state index contributed by atoms with van der Waals surface area (Å²) in [5.74, 6) is 0.278. The number of nitrogens with zero attached hydrogens (tertiary/aromatic N) is 1. The van der Waals surface area contributed by atoms with Crippen LogP contribution in [0.15, 0.2) is 46.9 Å². The zero-order chi connectivity index (χ0) is 23.8. The molecule has 1 unspecified atom stereocenters. The molecule has 2 aromatic rings. The molecule has 0 spiro atoms. The van der Waals surface area contributed by atoms with E-state index in [0.717, 1.165) is 42.1 Å². The normalized spacial score (nSPS) is 14.7. The Bertz CT molecular complexity index is 945. The number of benzene rings is 2. The molecule has 5 nitrogen and oxygen atoms in total. The van der Waals surface area contributed by atoms with Gasteiger partial charge in [0.2, 0.25) is 5.91 Å². The maximum Gasteiger partial charge on any atom is 0.261 e. The number of nitrogens with one attached hydrogen (secondary N) is 1. The highest BCUT2D eigenvalue weighted by atomic mass is 79.9. The van der Waals surface area contributed by atoms with E-state index in [1.165, 1.54) is 5.56 Å². The van der Waals surface area contributed by atoms with Crippen molar-refractivity contribution < 1.29 is 14.3 Å². The highest BCUT2D eigenvalue weighted by Gasteiger charge is 2.31. The Morgan fingerprint density at radius 1 is 1.12 bits per heavy atom. The maximum absolute atomic E-state index is 13.3. The van der Waals surface area contributed by atoms with Gasteiger partial charge >= 0.3 is 0 Å². The number of aryl methyl sites for hydroxylation is 1. The Hall–Kier alpha value is -2.05. The first-order valence-electron chi connectivity index (χ1n) is 11.7. The van der Waals surface area contributed by atoms with Crippen LogP contribution in [0.4, 0.5) is 0 Å². The van der Waals surface area contributed by atoms with Crippen LogP contribution in [-0.2, 0) is 22.6 Å². The fourth-order valence-corrected chi connectivity index (χ4v) is 4.84. The van der Waals surface area contributed by atoms with Gasteiger partial charge in [0, 0.05) is 17.6 Å². The van der Waals surface area contributed by atoms with E-state index >= 15 is 0 Å². The van der Waals surface area contributed by atoms with Gasteiger partial charge in [-0.15, -0.1) is 0 Å². The molecule has 1 aliphatic carbocycles. The van der Waals surface area contributed by atoms with E-state index in [1.54, 1.807) is 17.0 Å². The lowest BCUT2D eigenvalue weighted by molar-refractivity contribution is -0.143. The summed E-state index contributed by atoms with van der Waals surface area (Å²) in [4.78, 5) is 28.1. The molecule has 0 radical (unpaired) electrons. The first kappa shape index (κ1) is 25.6. The molecular formula is C26H32BrClN2O3. The number of halogens is 2.